The number of carbonyl (C=O) groups excluding carboxylic acids is 1. The van der Waals surface area contributed by atoms with Crippen LogP contribution in [0.1, 0.15) is 51.2 Å². The summed E-state index contributed by atoms with van der Waals surface area (Å²) in [6.45, 7) is 8.66. The highest BCUT2D eigenvalue weighted by molar-refractivity contribution is 5.82. The van der Waals surface area contributed by atoms with Gasteiger partial charge in [0.1, 0.15) is 0 Å². The van der Waals surface area contributed by atoms with Gasteiger partial charge in [0.05, 0.1) is 17.5 Å². The number of hydrogen-bond acceptors (Lipinski definition) is 2. The first kappa shape index (κ1) is 22.8. The predicted octanol–water partition coefficient (Wildman–Crippen LogP) is 3.27. The first-order valence-electron chi connectivity index (χ1n) is 8.96. The van der Waals surface area contributed by atoms with Gasteiger partial charge in [0.2, 0.25) is 5.91 Å². The Balaban J connectivity index is 2.66. The summed E-state index contributed by atoms with van der Waals surface area (Å²) < 4.78 is 38.5. The Bertz CT molecular complexity index is 657. The number of carbonyl (C=O) groups is 1. The van der Waals surface area contributed by atoms with Crippen molar-refractivity contribution in [3.05, 3.63) is 35.4 Å². The molecule has 1 unspecified atom stereocenters. The molecule has 152 valence electrons. The molecule has 1 aromatic rings. The van der Waals surface area contributed by atoms with Gasteiger partial charge in [-0.25, -0.2) is 0 Å². The van der Waals surface area contributed by atoms with Crippen molar-refractivity contribution in [1.82, 2.24) is 10.6 Å². The summed E-state index contributed by atoms with van der Waals surface area (Å²) >= 11 is 0. The zero-order valence-electron chi connectivity index (χ0n) is 16.3. The van der Waals surface area contributed by atoms with Crippen LogP contribution >= 0.6 is 0 Å². The van der Waals surface area contributed by atoms with Gasteiger partial charge in [-0.2, -0.15) is 13.2 Å². The van der Waals surface area contributed by atoms with Crippen LogP contribution in [0.25, 0.3) is 0 Å². The summed E-state index contributed by atoms with van der Waals surface area (Å²) in [5.74, 6) is 0.0630. The molecule has 0 aromatic heterocycles. The zero-order chi connectivity index (χ0) is 20.7. The SMILES string of the molecule is CCNC(=NCC(C)(C)C(N)=O)NCCC(C)c1cccc(C(F)(F)F)c1. The maximum Gasteiger partial charge on any atom is 0.416 e. The third kappa shape index (κ3) is 7.48. The topological polar surface area (TPSA) is 79.5 Å². The van der Waals surface area contributed by atoms with Crippen molar-refractivity contribution in [1.29, 1.82) is 0 Å². The fourth-order valence-corrected chi connectivity index (χ4v) is 2.29. The monoisotopic (exact) mass is 386 g/mol. The predicted molar refractivity (Wildman–Crippen MR) is 101 cm³/mol. The van der Waals surface area contributed by atoms with Crippen molar-refractivity contribution < 1.29 is 18.0 Å². The number of primary amides is 1. The van der Waals surface area contributed by atoms with Crippen LogP contribution in [0, 0.1) is 5.41 Å². The second-order valence-corrected chi connectivity index (χ2v) is 7.18. The van der Waals surface area contributed by atoms with Gasteiger partial charge < -0.3 is 16.4 Å². The molecule has 0 heterocycles. The quantitative estimate of drug-likeness (QED) is 0.474. The molecule has 0 aliphatic rings. The Morgan fingerprint density at radius 3 is 2.48 bits per heavy atom. The molecule has 0 aliphatic heterocycles. The summed E-state index contributed by atoms with van der Waals surface area (Å²) in [5, 5.41) is 6.22. The van der Waals surface area contributed by atoms with E-state index in [2.05, 4.69) is 15.6 Å². The van der Waals surface area contributed by atoms with E-state index < -0.39 is 23.1 Å². The molecule has 4 N–H and O–H groups in total. The number of rotatable bonds is 8. The van der Waals surface area contributed by atoms with Gasteiger partial charge in [-0.15, -0.1) is 0 Å². The molecule has 27 heavy (non-hydrogen) atoms. The molecule has 1 aromatic carbocycles. The van der Waals surface area contributed by atoms with Crippen LogP contribution in [0.3, 0.4) is 0 Å². The van der Waals surface area contributed by atoms with E-state index in [9.17, 15) is 18.0 Å². The number of benzene rings is 1. The average molecular weight is 386 g/mol. The third-order valence-corrected chi connectivity index (χ3v) is 4.30. The number of amides is 1. The van der Waals surface area contributed by atoms with E-state index in [0.29, 0.717) is 31.0 Å². The zero-order valence-corrected chi connectivity index (χ0v) is 16.3. The van der Waals surface area contributed by atoms with E-state index >= 15 is 0 Å². The molecule has 1 amide bonds. The minimum Gasteiger partial charge on any atom is -0.369 e. The minimum atomic E-state index is -4.34. The van der Waals surface area contributed by atoms with Crippen LogP contribution < -0.4 is 16.4 Å². The number of nitrogens with zero attached hydrogens (tertiary/aromatic N) is 1. The van der Waals surface area contributed by atoms with Gasteiger partial charge in [0, 0.05) is 13.1 Å². The Kier molecular flexibility index (Phi) is 8.12. The summed E-state index contributed by atoms with van der Waals surface area (Å²) in [5.41, 5.74) is 4.60. The third-order valence-electron chi connectivity index (χ3n) is 4.30. The number of guanidine groups is 1. The molecule has 0 saturated carbocycles. The highest BCUT2D eigenvalue weighted by atomic mass is 19.4. The van der Waals surface area contributed by atoms with Crippen LogP contribution in [0.4, 0.5) is 13.2 Å². The largest absolute Gasteiger partial charge is 0.416 e. The Hall–Kier alpha value is -2.25. The first-order chi connectivity index (χ1) is 12.5. The van der Waals surface area contributed by atoms with Crippen LogP contribution in [0.2, 0.25) is 0 Å². The van der Waals surface area contributed by atoms with E-state index in [1.54, 1.807) is 19.9 Å². The summed E-state index contributed by atoms with van der Waals surface area (Å²) in [6, 6.07) is 5.40. The van der Waals surface area contributed by atoms with Gasteiger partial charge in [0.15, 0.2) is 5.96 Å². The second-order valence-electron chi connectivity index (χ2n) is 7.18. The average Bonchev–Trinajstić information content (AvgIpc) is 2.58. The molecule has 0 bridgehead atoms. The normalized spacial score (nSPS) is 14.0. The molecule has 8 heteroatoms. The van der Waals surface area contributed by atoms with Gasteiger partial charge in [-0.05, 0) is 44.7 Å². The van der Waals surface area contributed by atoms with Crippen LogP contribution in [0.15, 0.2) is 29.3 Å². The van der Waals surface area contributed by atoms with Crippen molar-refractivity contribution >= 4 is 11.9 Å². The lowest BCUT2D eigenvalue weighted by atomic mass is 9.93. The Morgan fingerprint density at radius 1 is 1.26 bits per heavy atom. The molecule has 0 saturated heterocycles. The van der Waals surface area contributed by atoms with Gasteiger partial charge in [-0.3, -0.25) is 9.79 Å². The van der Waals surface area contributed by atoms with Crippen molar-refractivity contribution in [3.8, 4) is 0 Å². The standard InChI is InChI=1S/C19H29F3N4O/c1-5-24-17(26-12-18(3,4)16(23)27)25-10-9-13(2)14-7-6-8-15(11-14)19(20,21)22/h6-8,11,13H,5,9-10,12H2,1-4H3,(H2,23,27)(H2,24,25,26). The van der Waals surface area contributed by atoms with Crippen LogP contribution in [0.5, 0.6) is 0 Å². The number of aliphatic imine (C=N–C) groups is 1. The van der Waals surface area contributed by atoms with Gasteiger partial charge in [0.25, 0.3) is 0 Å². The lowest BCUT2D eigenvalue weighted by Gasteiger charge is -2.20. The molecule has 0 spiro atoms. The number of alkyl halides is 3. The fourth-order valence-electron chi connectivity index (χ4n) is 2.29. The molecular formula is C19H29F3N4O. The van der Waals surface area contributed by atoms with Crippen molar-refractivity contribution in [2.75, 3.05) is 19.6 Å². The number of nitrogens with one attached hydrogen (secondary N) is 2. The molecule has 5 nitrogen and oxygen atoms in total. The smallest absolute Gasteiger partial charge is 0.369 e. The second kappa shape index (κ2) is 9.62. The maximum atomic E-state index is 12.8. The van der Waals surface area contributed by atoms with Crippen molar-refractivity contribution in [2.45, 2.75) is 46.2 Å². The van der Waals surface area contributed by atoms with E-state index in [1.165, 1.54) is 12.1 Å². The summed E-state index contributed by atoms with van der Waals surface area (Å²) in [4.78, 5) is 15.7. The van der Waals surface area contributed by atoms with Crippen LogP contribution in [-0.4, -0.2) is 31.5 Å². The molecular weight excluding hydrogens is 357 g/mol. The first-order valence-corrected chi connectivity index (χ1v) is 8.96. The lowest BCUT2D eigenvalue weighted by molar-refractivity contribution is -0.137. The molecule has 0 fully saturated rings. The summed E-state index contributed by atoms with van der Waals surface area (Å²) in [6.07, 6.45) is -3.71. The molecule has 0 radical (unpaired) electrons. The molecule has 1 atom stereocenters. The highest BCUT2D eigenvalue weighted by Crippen LogP contribution is 2.31. The van der Waals surface area contributed by atoms with E-state index in [-0.39, 0.29) is 12.5 Å². The maximum absolute atomic E-state index is 12.8. The summed E-state index contributed by atoms with van der Waals surface area (Å²) in [7, 11) is 0. The van der Waals surface area contributed by atoms with Crippen LogP contribution in [-0.2, 0) is 11.0 Å². The Labute approximate surface area is 158 Å². The Morgan fingerprint density at radius 2 is 1.93 bits per heavy atom. The van der Waals surface area contributed by atoms with E-state index in [0.717, 1.165) is 6.07 Å². The minimum absolute atomic E-state index is 0.0512. The lowest BCUT2D eigenvalue weighted by Crippen LogP contribution is -2.40. The molecule has 1 rings (SSSR count). The highest BCUT2D eigenvalue weighted by Gasteiger charge is 2.30. The number of halogens is 3. The number of hydrogen-bond donors (Lipinski definition) is 3. The molecule has 0 aliphatic carbocycles. The van der Waals surface area contributed by atoms with Gasteiger partial charge >= 0.3 is 6.18 Å². The fraction of sp³-hybridized carbons (Fsp3) is 0.579. The van der Waals surface area contributed by atoms with E-state index in [1.807, 2.05) is 13.8 Å². The van der Waals surface area contributed by atoms with Gasteiger partial charge in [-0.1, -0.05) is 25.1 Å². The van der Waals surface area contributed by atoms with Crippen molar-refractivity contribution in [2.24, 2.45) is 16.1 Å². The van der Waals surface area contributed by atoms with Crippen molar-refractivity contribution in [3.63, 3.8) is 0 Å². The van der Waals surface area contributed by atoms with E-state index in [4.69, 9.17) is 5.73 Å². The number of nitrogens with two attached hydrogens (primary N) is 1.